The lowest BCUT2D eigenvalue weighted by atomic mass is 9.88. The van der Waals surface area contributed by atoms with Gasteiger partial charge in [0.1, 0.15) is 5.82 Å². The number of hydrogen-bond donors (Lipinski definition) is 1. The van der Waals surface area contributed by atoms with E-state index >= 15 is 0 Å². The highest BCUT2D eigenvalue weighted by molar-refractivity contribution is 5.96. The number of fused-ring (bicyclic) bond motifs is 1. The second-order valence-electron chi connectivity index (χ2n) is 10.4. The molecule has 2 aromatic carbocycles. The smallest absolute Gasteiger partial charge is 0.321 e. The van der Waals surface area contributed by atoms with Crippen LogP contribution < -0.4 is 5.32 Å². The van der Waals surface area contributed by atoms with E-state index in [0.29, 0.717) is 35.0 Å². The van der Waals surface area contributed by atoms with Gasteiger partial charge in [-0.1, -0.05) is 24.3 Å². The molecule has 1 saturated carbocycles. The van der Waals surface area contributed by atoms with Crippen molar-refractivity contribution < 1.29 is 14.0 Å². The standard InChI is InChI=1S/C28H34FN3O2/c1-19(33)22-5-2-6-25(15-22)30-28(34)32-17-23-9-12-27(26(23)18-32)31-13-3-4-21(16-31)14-20-7-10-24(29)11-8-20/h2,5-8,10-11,15,21,23,26-27H,3-4,9,12-14,16-18H2,1H3,(H,30,34). The van der Waals surface area contributed by atoms with Gasteiger partial charge < -0.3 is 10.2 Å². The van der Waals surface area contributed by atoms with Gasteiger partial charge in [-0.2, -0.15) is 0 Å². The Morgan fingerprint density at radius 3 is 2.65 bits per heavy atom. The number of nitrogens with zero attached hydrogens (tertiary/aromatic N) is 2. The highest BCUT2D eigenvalue weighted by Gasteiger charge is 2.46. The molecule has 0 aromatic heterocycles. The number of anilines is 1. The second kappa shape index (κ2) is 9.87. The number of nitrogens with one attached hydrogen (secondary N) is 1. The van der Waals surface area contributed by atoms with Crippen LogP contribution in [0.2, 0.25) is 0 Å². The molecule has 0 radical (unpaired) electrons. The maximum absolute atomic E-state index is 13.3. The zero-order valence-electron chi connectivity index (χ0n) is 19.9. The zero-order valence-corrected chi connectivity index (χ0v) is 19.9. The van der Waals surface area contributed by atoms with Gasteiger partial charge in [-0.3, -0.25) is 9.69 Å². The van der Waals surface area contributed by atoms with Crippen LogP contribution in [-0.2, 0) is 6.42 Å². The summed E-state index contributed by atoms with van der Waals surface area (Å²) in [4.78, 5) is 29.3. The summed E-state index contributed by atoms with van der Waals surface area (Å²) in [7, 11) is 0. The van der Waals surface area contributed by atoms with Crippen LogP contribution in [0, 0.1) is 23.6 Å². The van der Waals surface area contributed by atoms with Crippen LogP contribution >= 0.6 is 0 Å². The molecule has 34 heavy (non-hydrogen) atoms. The summed E-state index contributed by atoms with van der Waals surface area (Å²) in [5, 5.41) is 3.00. The maximum Gasteiger partial charge on any atom is 0.321 e. The van der Waals surface area contributed by atoms with Crippen molar-refractivity contribution >= 4 is 17.5 Å². The first-order valence-corrected chi connectivity index (χ1v) is 12.6. The molecule has 4 unspecified atom stereocenters. The van der Waals surface area contributed by atoms with Crippen molar-refractivity contribution in [2.24, 2.45) is 17.8 Å². The Bertz CT molecular complexity index is 1040. The van der Waals surface area contributed by atoms with Crippen LogP contribution in [-0.4, -0.2) is 53.8 Å². The summed E-state index contributed by atoms with van der Waals surface area (Å²) in [5.41, 5.74) is 2.50. The summed E-state index contributed by atoms with van der Waals surface area (Å²) in [6, 6.07) is 14.6. The normalized spacial score (nSPS) is 26.9. The van der Waals surface area contributed by atoms with E-state index in [4.69, 9.17) is 0 Å². The Kier molecular flexibility index (Phi) is 6.68. The van der Waals surface area contributed by atoms with Gasteiger partial charge in [0, 0.05) is 36.9 Å². The lowest BCUT2D eigenvalue weighted by molar-refractivity contribution is 0.0965. The molecule has 2 aliphatic heterocycles. The molecule has 3 aliphatic rings. The number of amides is 2. The molecule has 2 heterocycles. The molecule has 2 aromatic rings. The lowest BCUT2D eigenvalue weighted by Gasteiger charge is -2.39. The number of Topliss-reactive ketones (excluding diaryl/α,β-unsaturated/α-hetero) is 1. The third-order valence-corrected chi connectivity index (χ3v) is 8.08. The zero-order chi connectivity index (χ0) is 23.7. The van der Waals surface area contributed by atoms with Gasteiger partial charge in [0.05, 0.1) is 0 Å². The largest absolute Gasteiger partial charge is 0.324 e. The van der Waals surface area contributed by atoms with Crippen LogP contribution in [0.5, 0.6) is 0 Å². The van der Waals surface area contributed by atoms with Crippen molar-refractivity contribution in [3.8, 4) is 0 Å². The SMILES string of the molecule is CC(=O)c1cccc(NC(=O)N2CC3CCC(N4CCCC(Cc5ccc(F)cc5)C4)C3C2)c1. The highest BCUT2D eigenvalue weighted by Crippen LogP contribution is 2.42. The number of hydrogen-bond acceptors (Lipinski definition) is 3. The average molecular weight is 464 g/mol. The summed E-state index contributed by atoms with van der Waals surface area (Å²) in [6.45, 7) is 5.37. The number of carbonyl (C=O) groups is 2. The lowest BCUT2D eigenvalue weighted by Crippen LogP contribution is -2.46. The maximum atomic E-state index is 13.3. The van der Waals surface area contributed by atoms with Crippen molar-refractivity contribution in [2.75, 3.05) is 31.5 Å². The minimum absolute atomic E-state index is 0.00564. The van der Waals surface area contributed by atoms with Gasteiger partial charge in [0.15, 0.2) is 5.78 Å². The summed E-state index contributed by atoms with van der Waals surface area (Å²) in [5.74, 6) is 1.52. The van der Waals surface area contributed by atoms with Gasteiger partial charge in [-0.25, -0.2) is 9.18 Å². The molecular formula is C28H34FN3O2. The Morgan fingerprint density at radius 2 is 1.85 bits per heavy atom. The third-order valence-electron chi connectivity index (χ3n) is 8.08. The first kappa shape index (κ1) is 23.0. The number of ketones is 1. The van der Waals surface area contributed by atoms with Crippen molar-refractivity contribution in [1.82, 2.24) is 9.80 Å². The van der Waals surface area contributed by atoms with E-state index in [1.165, 1.54) is 38.2 Å². The van der Waals surface area contributed by atoms with Gasteiger partial charge in [-0.05, 0) is 93.2 Å². The van der Waals surface area contributed by atoms with E-state index in [-0.39, 0.29) is 17.6 Å². The Morgan fingerprint density at radius 1 is 1.03 bits per heavy atom. The summed E-state index contributed by atoms with van der Waals surface area (Å²) < 4.78 is 13.3. The molecule has 180 valence electrons. The Balaban J connectivity index is 1.18. The molecular weight excluding hydrogens is 429 g/mol. The fourth-order valence-corrected chi connectivity index (χ4v) is 6.39. The van der Waals surface area contributed by atoms with Crippen molar-refractivity contribution in [1.29, 1.82) is 0 Å². The summed E-state index contributed by atoms with van der Waals surface area (Å²) in [6.07, 6.45) is 5.83. The van der Waals surface area contributed by atoms with Crippen LogP contribution in [0.25, 0.3) is 0 Å². The van der Waals surface area contributed by atoms with Gasteiger partial charge >= 0.3 is 6.03 Å². The van der Waals surface area contributed by atoms with E-state index in [2.05, 4.69) is 10.2 Å². The highest BCUT2D eigenvalue weighted by atomic mass is 19.1. The number of rotatable bonds is 5. The molecule has 2 saturated heterocycles. The van der Waals surface area contributed by atoms with Gasteiger partial charge in [0.25, 0.3) is 0 Å². The van der Waals surface area contributed by atoms with Crippen molar-refractivity contribution in [2.45, 2.75) is 45.1 Å². The Hall–Kier alpha value is -2.73. The molecule has 5 nitrogen and oxygen atoms in total. The quantitative estimate of drug-likeness (QED) is 0.618. The van der Waals surface area contributed by atoms with Crippen LogP contribution in [0.3, 0.4) is 0 Å². The average Bonchev–Trinajstić information content (AvgIpc) is 3.42. The molecule has 0 bridgehead atoms. The van der Waals surface area contributed by atoms with E-state index in [0.717, 1.165) is 32.6 Å². The summed E-state index contributed by atoms with van der Waals surface area (Å²) >= 11 is 0. The van der Waals surface area contributed by atoms with Crippen molar-refractivity contribution in [3.63, 3.8) is 0 Å². The number of carbonyl (C=O) groups excluding carboxylic acids is 2. The van der Waals surface area contributed by atoms with Gasteiger partial charge in [0.2, 0.25) is 0 Å². The predicted octanol–water partition coefficient (Wildman–Crippen LogP) is 5.23. The second-order valence-corrected chi connectivity index (χ2v) is 10.4. The molecule has 6 heteroatoms. The minimum atomic E-state index is -0.174. The molecule has 2 amide bonds. The third kappa shape index (κ3) is 5.02. The van der Waals surface area contributed by atoms with Crippen LogP contribution in [0.4, 0.5) is 14.9 Å². The molecule has 1 aliphatic carbocycles. The molecule has 5 rings (SSSR count). The fourth-order valence-electron chi connectivity index (χ4n) is 6.39. The number of urea groups is 1. The molecule has 1 N–H and O–H groups in total. The number of likely N-dealkylation sites (tertiary alicyclic amines) is 2. The number of halogens is 1. The van der Waals surface area contributed by atoms with Gasteiger partial charge in [-0.15, -0.1) is 0 Å². The minimum Gasteiger partial charge on any atom is -0.324 e. The van der Waals surface area contributed by atoms with E-state index in [1.54, 1.807) is 30.3 Å². The topological polar surface area (TPSA) is 52.7 Å². The monoisotopic (exact) mass is 463 g/mol. The fraction of sp³-hybridized carbons (Fsp3) is 0.500. The van der Waals surface area contributed by atoms with E-state index in [9.17, 15) is 14.0 Å². The molecule has 0 spiro atoms. The Labute approximate surface area is 201 Å². The predicted molar refractivity (Wildman–Crippen MR) is 131 cm³/mol. The van der Waals surface area contributed by atoms with E-state index < -0.39 is 0 Å². The first-order chi connectivity index (χ1) is 16.5. The van der Waals surface area contributed by atoms with E-state index in [1.807, 2.05) is 23.1 Å². The van der Waals surface area contributed by atoms with Crippen LogP contribution in [0.15, 0.2) is 48.5 Å². The molecule has 4 atom stereocenters. The molecule has 3 fully saturated rings. The number of piperidine rings is 1. The van der Waals surface area contributed by atoms with Crippen LogP contribution in [0.1, 0.15) is 48.5 Å². The first-order valence-electron chi connectivity index (χ1n) is 12.6. The number of benzene rings is 2. The van der Waals surface area contributed by atoms with Crippen molar-refractivity contribution in [3.05, 3.63) is 65.5 Å².